The lowest BCUT2D eigenvalue weighted by Crippen LogP contribution is -2.22. The molecule has 100 valence electrons. The average molecular weight is 255 g/mol. The predicted octanol–water partition coefficient (Wildman–Crippen LogP) is 2.86. The minimum Gasteiger partial charge on any atom is -0.376 e. The van der Waals surface area contributed by atoms with E-state index in [1.807, 2.05) is 0 Å². The zero-order valence-electron chi connectivity index (χ0n) is 10.4. The Balaban J connectivity index is 1.83. The molecule has 0 aliphatic heterocycles. The molecule has 0 spiro atoms. The summed E-state index contributed by atoms with van der Waals surface area (Å²) in [5.41, 5.74) is 5.96. The van der Waals surface area contributed by atoms with Crippen molar-refractivity contribution in [3.63, 3.8) is 0 Å². The topological polar surface area (TPSA) is 35.2 Å². The summed E-state index contributed by atoms with van der Waals surface area (Å²) in [7, 11) is 0. The van der Waals surface area contributed by atoms with E-state index in [1.165, 1.54) is 12.5 Å². The standard InChI is InChI=1S/C14H19F2NO/c15-13-6-2-5-12(14(13)16)9-18-8-11-4-1-3-10(11)7-17/h2,5-6,10-11H,1,3-4,7-9,17H2. The van der Waals surface area contributed by atoms with E-state index in [9.17, 15) is 8.78 Å². The van der Waals surface area contributed by atoms with Gasteiger partial charge in [-0.15, -0.1) is 0 Å². The number of halogens is 2. The number of rotatable bonds is 5. The van der Waals surface area contributed by atoms with Crippen LogP contribution in [0, 0.1) is 23.5 Å². The van der Waals surface area contributed by atoms with Crippen LogP contribution in [0.25, 0.3) is 0 Å². The molecule has 2 N–H and O–H groups in total. The van der Waals surface area contributed by atoms with Crippen molar-refractivity contribution in [2.75, 3.05) is 13.2 Å². The largest absolute Gasteiger partial charge is 0.376 e. The zero-order chi connectivity index (χ0) is 13.0. The number of hydrogen-bond donors (Lipinski definition) is 1. The Bertz CT molecular complexity index is 397. The first kappa shape index (κ1) is 13.4. The van der Waals surface area contributed by atoms with Crippen molar-refractivity contribution in [3.05, 3.63) is 35.4 Å². The Morgan fingerprint density at radius 3 is 2.78 bits per heavy atom. The van der Waals surface area contributed by atoms with Gasteiger partial charge in [-0.2, -0.15) is 0 Å². The molecular weight excluding hydrogens is 236 g/mol. The Morgan fingerprint density at radius 1 is 1.22 bits per heavy atom. The summed E-state index contributed by atoms with van der Waals surface area (Å²) in [6.45, 7) is 1.39. The van der Waals surface area contributed by atoms with Gasteiger partial charge in [-0.25, -0.2) is 8.78 Å². The van der Waals surface area contributed by atoms with E-state index in [0.29, 0.717) is 25.0 Å². The maximum absolute atomic E-state index is 13.4. The number of ether oxygens (including phenoxy) is 1. The maximum atomic E-state index is 13.4. The van der Waals surface area contributed by atoms with Crippen LogP contribution in [0.3, 0.4) is 0 Å². The van der Waals surface area contributed by atoms with Crippen molar-refractivity contribution in [2.45, 2.75) is 25.9 Å². The van der Waals surface area contributed by atoms with Gasteiger partial charge in [0.05, 0.1) is 13.2 Å². The second-order valence-electron chi connectivity index (χ2n) is 4.91. The molecule has 0 aromatic heterocycles. The van der Waals surface area contributed by atoms with Gasteiger partial charge in [-0.05, 0) is 37.3 Å². The lowest BCUT2D eigenvalue weighted by atomic mass is 9.97. The molecule has 0 radical (unpaired) electrons. The van der Waals surface area contributed by atoms with Crippen molar-refractivity contribution >= 4 is 0 Å². The summed E-state index contributed by atoms with van der Waals surface area (Å²) >= 11 is 0. The third-order valence-corrected chi connectivity index (χ3v) is 3.74. The first-order valence-corrected chi connectivity index (χ1v) is 6.43. The summed E-state index contributed by atoms with van der Waals surface area (Å²) in [4.78, 5) is 0. The smallest absolute Gasteiger partial charge is 0.164 e. The molecule has 4 heteroatoms. The molecule has 0 amide bonds. The van der Waals surface area contributed by atoms with E-state index < -0.39 is 11.6 Å². The van der Waals surface area contributed by atoms with Crippen LogP contribution < -0.4 is 5.73 Å². The van der Waals surface area contributed by atoms with Gasteiger partial charge in [-0.1, -0.05) is 18.6 Å². The van der Waals surface area contributed by atoms with E-state index in [0.717, 1.165) is 18.9 Å². The first-order valence-electron chi connectivity index (χ1n) is 6.43. The molecule has 1 aromatic carbocycles. The van der Waals surface area contributed by atoms with Gasteiger partial charge in [0.25, 0.3) is 0 Å². The van der Waals surface area contributed by atoms with Gasteiger partial charge in [0.1, 0.15) is 0 Å². The molecule has 0 saturated heterocycles. The summed E-state index contributed by atoms with van der Waals surface area (Å²) in [6, 6.07) is 4.16. The molecule has 2 nitrogen and oxygen atoms in total. The van der Waals surface area contributed by atoms with E-state index in [2.05, 4.69) is 0 Å². The normalized spacial score (nSPS) is 23.5. The first-order chi connectivity index (χ1) is 8.72. The second kappa shape index (κ2) is 6.25. The average Bonchev–Trinajstić information content (AvgIpc) is 2.82. The summed E-state index contributed by atoms with van der Waals surface area (Å²) in [5, 5.41) is 0. The Kier molecular flexibility index (Phi) is 4.66. The Hall–Kier alpha value is -1.00. The maximum Gasteiger partial charge on any atom is 0.164 e. The molecule has 2 unspecified atom stereocenters. The van der Waals surface area contributed by atoms with E-state index in [1.54, 1.807) is 6.07 Å². The van der Waals surface area contributed by atoms with Gasteiger partial charge >= 0.3 is 0 Å². The monoisotopic (exact) mass is 255 g/mol. The highest BCUT2D eigenvalue weighted by atomic mass is 19.2. The molecule has 18 heavy (non-hydrogen) atoms. The van der Waals surface area contributed by atoms with Gasteiger partial charge in [-0.3, -0.25) is 0 Å². The minimum absolute atomic E-state index is 0.122. The van der Waals surface area contributed by atoms with Crippen LogP contribution in [0.5, 0.6) is 0 Å². The van der Waals surface area contributed by atoms with Crippen LogP contribution >= 0.6 is 0 Å². The van der Waals surface area contributed by atoms with Crippen molar-refractivity contribution in [2.24, 2.45) is 17.6 Å². The fourth-order valence-electron chi connectivity index (χ4n) is 2.62. The lowest BCUT2D eigenvalue weighted by molar-refractivity contribution is 0.0733. The van der Waals surface area contributed by atoms with Gasteiger partial charge in [0.15, 0.2) is 11.6 Å². The number of nitrogens with two attached hydrogens (primary N) is 1. The summed E-state index contributed by atoms with van der Waals surface area (Å²) in [5.74, 6) is -0.648. The quantitative estimate of drug-likeness (QED) is 0.878. The molecule has 1 aliphatic carbocycles. The number of hydrogen-bond acceptors (Lipinski definition) is 2. The van der Waals surface area contributed by atoms with Crippen LogP contribution in [-0.2, 0) is 11.3 Å². The summed E-state index contributed by atoms with van der Waals surface area (Å²) < 4.78 is 31.9. The Morgan fingerprint density at radius 2 is 2.00 bits per heavy atom. The van der Waals surface area contributed by atoms with Gasteiger partial charge in [0, 0.05) is 5.56 Å². The molecule has 0 bridgehead atoms. The SMILES string of the molecule is NCC1CCCC1COCc1cccc(F)c1F. The zero-order valence-corrected chi connectivity index (χ0v) is 10.4. The Labute approximate surface area is 106 Å². The van der Waals surface area contributed by atoms with Crippen LogP contribution in [0.15, 0.2) is 18.2 Å². The van der Waals surface area contributed by atoms with Crippen molar-refractivity contribution in [1.29, 1.82) is 0 Å². The minimum atomic E-state index is -0.822. The summed E-state index contributed by atoms with van der Waals surface area (Å²) in [6.07, 6.45) is 3.45. The molecule has 1 saturated carbocycles. The fraction of sp³-hybridized carbons (Fsp3) is 0.571. The third kappa shape index (κ3) is 3.06. The third-order valence-electron chi connectivity index (χ3n) is 3.74. The molecule has 1 aromatic rings. The van der Waals surface area contributed by atoms with Crippen LogP contribution in [0.4, 0.5) is 8.78 Å². The van der Waals surface area contributed by atoms with Crippen LogP contribution in [0.1, 0.15) is 24.8 Å². The van der Waals surface area contributed by atoms with Crippen molar-refractivity contribution in [3.8, 4) is 0 Å². The van der Waals surface area contributed by atoms with E-state index in [4.69, 9.17) is 10.5 Å². The molecule has 2 atom stereocenters. The van der Waals surface area contributed by atoms with Gasteiger partial charge in [0.2, 0.25) is 0 Å². The highest BCUT2D eigenvalue weighted by Gasteiger charge is 2.26. The second-order valence-corrected chi connectivity index (χ2v) is 4.91. The number of benzene rings is 1. The van der Waals surface area contributed by atoms with E-state index >= 15 is 0 Å². The lowest BCUT2D eigenvalue weighted by Gasteiger charge is -2.17. The van der Waals surface area contributed by atoms with Crippen molar-refractivity contribution in [1.82, 2.24) is 0 Å². The fourth-order valence-corrected chi connectivity index (χ4v) is 2.62. The molecule has 0 heterocycles. The molecule has 1 fully saturated rings. The highest BCUT2D eigenvalue weighted by Crippen LogP contribution is 2.31. The van der Waals surface area contributed by atoms with Crippen molar-refractivity contribution < 1.29 is 13.5 Å². The van der Waals surface area contributed by atoms with E-state index in [-0.39, 0.29) is 12.2 Å². The van der Waals surface area contributed by atoms with Crippen LogP contribution in [0.2, 0.25) is 0 Å². The molecular formula is C14H19F2NO. The molecule has 2 rings (SSSR count). The predicted molar refractivity (Wildman–Crippen MR) is 65.9 cm³/mol. The van der Waals surface area contributed by atoms with Gasteiger partial charge < -0.3 is 10.5 Å². The van der Waals surface area contributed by atoms with Crippen LogP contribution in [-0.4, -0.2) is 13.2 Å². The highest BCUT2D eigenvalue weighted by molar-refractivity contribution is 5.17. The molecule has 1 aliphatic rings.